The van der Waals surface area contributed by atoms with Gasteiger partial charge in [-0.1, -0.05) is 41.9 Å². The number of phenols is 1. The summed E-state index contributed by atoms with van der Waals surface area (Å²) in [6, 6.07) is 13.6. The number of benzene rings is 2. The van der Waals surface area contributed by atoms with E-state index in [9.17, 15) is 15.0 Å². The predicted molar refractivity (Wildman–Crippen MR) is 73.6 cm³/mol. The topological polar surface area (TPSA) is 57.5 Å². The van der Waals surface area contributed by atoms with Crippen LogP contribution in [0, 0.1) is 0 Å². The maximum Gasteiger partial charge on any atom is 0.311 e. The van der Waals surface area contributed by atoms with Crippen LogP contribution in [0.5, 0.6) is 5.75 Å². The van der Waals surface area contributed by atoms with Crippen LogP contribution in [0.1, 0.15) is 17.0 Å². The molecule has 0 saturated carbocycles. The summed E-state index contributed by atoms with van der Waals surface area (Å²) in [6.45, 7) is 0. The molecule has 2 aromatic rings. The van der Waals surface area contributed by atoms with Crippen LogP contribution in [-0.4, -0.2) is 16.2 Å². The first kappa shape index (κ1) is 13.4. The molecule has 0 aliphatic carbocycles. The fourth-order valence-corrected chi connectivity index (χ4v) is 2.17. The number of aromatic hydroxyl groups is 1. The van der Waals surface area contributed by atoms with E-state index in [1.807, 2.05) is 6.07 Å². The third kappa shape index (κ3) is 3.26. The molecule has 1 unspecified atom stereocenters. The number of carboxylic acid groups (broad SMARTS) is 1. The predicted octanol–water partition coefficient (Wildman–Crippen LogP) is 3.46. The minimum Gasteiger partial charge on any atom is -0.508 e. The Hall–Kier alpha value is -2.00. The average molecular weight is 277 g/mol. The smallest absolute Gasteiger partial charge is 0.311 e. The maximum atomic E-state index is 11.4. The van der Waals surface area contributed by atoms with Gasteiger partial charge in [-0.25, -0.2) is 0 Å². The van der Waals surface area contributed by atoms with E-state index >= 15 is 0 Å². The average Bonchev–Trinajstić information content (AvgIpc) is 2.40. The van der Waals surface area contributed by atoms with Crippen LogP contribution >= 0.6 is 11.6 Å². The van der Waals surface area contributed by atoms with Gasteiger partial charge in [0.2, 0.25) is 0 Å². The second-order valence-corrected chi connectivity index (χ2v) is 4.72. The Morgan fingerprint density at radius 1 is 1.16 bits per heavy atom. The van der Waals surface area contributed by atoms with Crippen molar-refractivity contribution < 1.29 is 15.0 Å². The largest absolute Gasteiger partial charge is 0.508 e. The van der Waals surface area contributed by atoms with Gasteiger partial charge < -0.3 is 10.2 Å². The van der Waals surface area contributed by atoms with Gasteiger partial charge in [-0.15, -0.1) is 0 Å². The van der Waals surface area contributed by atoms with Crippen LogP contribution in [0.3, 0.4) is 0 Å². The minimum absolute atomic E-state index is 0.0616. The highest BCUT2D eigenvalue weighted by Crippen LogP contribution is 2.28. The Morgan fingerprint density at radius 3 is 2.47 bits per heavy atom. The summed E-state index contributed by atoms with van der Waals surface area (Å²) in [7, 11) is 0. The summed E-state index contributed by atoms with van der Waals surface area (Å²) in [5, 5.41) is 19.6. The van der Waals surface area contributed by atoms with Crippen molar-refractivity contribution in [1.82, 2.24) is 0 Å². The molecule has 0 fully saturated rings. The molecule has 0 aliphatic heterocycles. The lowest BCUT2D eigenvalue weighted by Crippen LogP contribution is -2.14. The summed E-state index contributed by atoms with van der Waals surface area (Å²) in [6.07, 6.45) is 0.200. The minimum atomic E-state index is -0.925. The van der Waals surface area contributed by atoms with Gasteiger partial charge in [0.25, 0.3) is 0 Å². The maximum absolute atomic E-state index is 11.4. The highest BCUT2D eigenvalue weighted by atomic mass is 35.5. The number of carboxylic acids is 1. The fraction of sp³-hybridized carbons (Fsp3) is 0.133. The zero-order valence-corrected chi connectivity index (χ0v) is 10.8. The summed E-state index contributed by atoms with van der Waals surface area (Å²) in [5.41, 5.74) is 1.23. The number of carbonyl (C=O) groups is 1. The van der Waals surface area contributed by atoms with Crippen molar-refractivity contribution in [1.29, 1.82) is 0 Å². The molecule has 0 bridgehead atoms. The number of halogens is 1. The molecule has 0 radical (unpaired) electrons. The quantitative estimate of drug-likeness (QED) is 0.899. The Kier molecular flexibility index (Phi) is 4.07. The van der Waals surface area contributed by atoms with Gasteiger partial charge in [0.05, 0.1) is 5.92 Å². The molecule has 2 N–H and O–H groups in total. The highest BCUT2D eigenvalue weighted by Gasteiger charge is 2.21. The Bertz CT molecular complexity index is 581. The van der Waals surface area contributed by atoms with Crippen molar-refractivity contribution in [2.45, 2.75) is 12.3 Å². The standard InChI is InChI=1S/C15H13ClO3/c16-12-6-7-14(17)11(8-12)9-13(15(18)19)10-4-2-1-3-5-10/h1-8,13,17H,9H2,(H,18,19). The van der Waals surface area contributed by atoms with Gasteiger partial charge >= 0.3 is 5.97 Å². The van der Waals surface area contributed by atoms with Crippen molar-refractivity contribution in [3.05, 3.63) is 64.7 Å². The molecule has 2 rings (SSSR count). The van der Waals surface area contributed by atoms with E-state index in [1.165, 1.54) is 6.07 Å². The van der Waals surface area contributed by atoms with E-state index in [2.05, 4.69) is 0 Å². The Labute approximate surface area is 116 Å². The molecule has 98 valence electrons. The molecule has 0 heterocycles. The first-order valence-corrected chi connectivity index (χ1v) is 6.21. The lowest BCUT2D eigenvalue weighted by molar-refractivity contribution is -0.138. The molecule has 0 aliphatic rings. The monoisotopic (exact) mass is 276 g/mol. The van der Waals surface area contributed by atoms with Crippen molar-refractivity contribution >= 4 is 17.6 Å². The van der Waals surface area contributed by atoms with Crippen LogP contribution in [-0.2, 0) is 11.2 Å². The normalized spacial score (nSPS) is 12.1. The molecule has 3 nitrogen and oxygen atoms in total. The van der Waals surface area contributed by atoms with Crippen molar-refractivity contribution in [3.8, 4) is 5.75 Å². The number of phenolic OH excluding ortho intramolecular Hbond substituents is 1. The number of hydrogen-bond acceptors (Lipinski definition) is 2. The number of aliphatic carboxylic acids is 1. The van der Waals surface area contributed by atoms with Gasteiger partial charge in [0, 0.05) is 5.02 Å². The van der Waals surface area contributed by atoms with Crippen LogP contribution < -0.4 is 0 Å². The van der Waals surface area contributed by atoms with Crippen molar-refractivity contribution in [3.63, 3.8) is 0 Å². The van der Waals surface area contributed by atoms with Crippen LogP contribution in [0.2, 0.25) is 5.02 Å². The number of hydrogen-bond donors (Lipinski definition) is 2. The molecule has 0 amide bonds. The molecule has 0 aromatic heterocycles. The molecule has 0 spiro atoms. The lowest BCUT2D eigenvalue weighted by atomic mass is 9.92. The zero-order chi connectivity index (χ0) is 13.8. The molecule has 1 atom stereocenters. The molecule has 19 heavy (non-hydrogen) atoms. The molecule has 2 aromatic carbocycles. The van der Waals surface area contributed by atoms with Gasteiger partial charge in [0.15, 0.2) is 0 Å². The van der Waals surface area contributed by atoms with E-state index in [0.717, 1.165) is 0 Å². The highest BCUT2D eigenvalue weighted by molar-refractivity contribution is 6.30. The van der Waals surface area contributed by atoms with Gasteiger partial charge in [0.1, 0.15) is 5.75 Å². The first-order valence-electron chi connectivity index (χ1n) is 5.83. The SMILES string of the molecule is O=C(O)C(Cc1cc(Cl)ccc1O)c1ccccc1. The second-order valence-electron chi connectivity index (χ2n) is 4.28. The van der Waals surface area contributed by atoms with Crippen LogP contribution in [0.25, 0.3) is 0 Å². The van der Waals surface area contributed by atoms with E-state index in [4.69, 9.17) is 11.6 Å². The number of rotatable bonds is 4. The summed E-state index contributed by atoms with van der Waals surface area (Å²) in [5.74, 6) is -1.57. The van der Waals surface area contributed by atoms with Crippen molar-refractivity contribution in [2.75, 3.05) is 0 Å². The van der Waals surface area contributed by atoms with Gasteiger partial charge in [-0.05, 0) is 35.7 Å². The van der Waals surface area contributed by atoms with Crippen LogP contribution in [0.15, 0.2) is 48.5 Å². The Morgan fingerprint density at radius 2 is 1.84 bits per heavy atom. The molecular formula is C15H13ClO3. The second kappa shape index (κ2) is 5.76. The van der Waals surface area contributed by atoms with Gasteiger partial charge in [-0.3, -0.25) is 4.79 Å². The van der Waals surface area contributed by atoms with Gasteiger partial charge in [-0.2, -0.15) is 0 Å². The Balaban J connectivity index is 2.32. The lowest BCUT2D eigenvalue weighted by Gasteiger charge is -2.14. The first-order chi connectivity index (χ1) is 9.08. The van der Waals surface area contributed by atoms with E-state index in [1.54, 1.807) is 36.4 Å². The molecular weight excluding hydrogens is 264 g/mol. The third-order valence-corrected chi connectivity index (χ3v) is 3.20. The summed E-state index contributed by atoms with van der Waals surface area (Å²) < 4.78 is 0. The third-order valence-electron chi connectivity index (χ3n) is 2.97. The molecule has 0 saturated heterocycles. The van der Waals surface area contributed by atoms with E-state index in [0.29, 0.717) is 16.1 Å². The molecule has 4 heteroatoms. The summed E-state index contributed by atoms with van der Waals surface area (Å²) >= 11 is 5.87. The van der Waals surface area contributed by atoms with E-state index < -0.39 is 11.9 Å². The van der Waals surface area contributed by atoms with Crippen molar-refractivity contribution in [2.24, 2.45) is 0 Å². The van der Waals surface area contributed by atoms with E-state index in [-0.39, 0.29) is 12.2 Å². The van der Waals surface area contributed by atoms with Crippen LogP contribution in [0.4, 0.5) is 0 Å². The summed E-state index contributed by atoms with van der Waals surface area (Å²) in [4.78, 5) is 11.4. The zero-order valence-electron chi connectivity index (χ0n) is 10.1. The fourth-order valence-electron chi connectivity index (χ4n) is 1.97.